The first-order chi connectivity index (χ1) is 25.0. The van der Waals surface area contributed by atoms with Crippen molar-refractivity contribution in [1.82, 2.24) is 0 Å². The molecule has 6 nitrogen and oxygen atoms in total. The molecule has 0 heterocycles. The van der Waals surface area contributed by atoms with E-state index in [-0.39, 0.29) is 12.1 Å². The highest BCUT2D eigenvalue weighted by molar-refractivity contribution is 6.08. The van der Waals surface area contributed by atoms with Crippen molar-refractivity contribution in [1.29, 1.82) is 0 Å². The van der Waals surface area contributed by atoms with Gasteiger partial charge in [-0.3, -0.25) is 0 Å². The number of carbonyl (C=O) groups excluding carboxylic acids is 3. The summed E-state index contributed by atoms with van der Waals surface area (Å²) in [6.07, 6.45) is 17.4. The molecule has 1 atom stereocenters. The van der Waals surface area contributed by atoms with Crippen LogP contribution >= 0.6 is 0 Å². The maximum absolute atomic E-state index is 12.4. The third kappa shape index (κ3) is 12.1. The van der Waals surface area contributed by atoms with Gasteiger partial charge in [0.1, 0.15) is 6.10 Å². The normalized spacial score (nSPS) is 13.5. The Kier molecular flexibility index (Phi) is 16.7. The first kappa shape index (κ1) is 39.3. The summed E-state index contributed by atoms with van der Waals surface area (Å²) in [5.74, 6) is -1.22. The number of hydrogen-bond acceptors (Lipinski definition) is 6. The van der Waals surface area contributed by atoms with Crippen LogP contribution in [-0.2, 0) is 31.8 Å². The lowest BCUT2D eigenvalue weighted by atomic mass is 9.85. The molecule has 0 aromatic heterocycles. The van der Waals surface area contributed by atoms with Crippen LogP contribution in [-0.4, -0.2) is 37.2 Å². The van der Waals surface area contributed by atoms with Crippen molar-refractivity contribution >= 4 is 39.5 Å². The Morgan fingerprint density at radius 3 is 1.80 bits per heavy atom. The zero-order valence-electron chi connectivity index (χ0n) is 30.8. The number of fused-ring (bicyclic) bond motifs is 5. The zero-order chi connectivity index (χ0) is 36.3. The summed E-state index contributed by atoms with van der Waals surface area (Å²) in [6.45, 7) is 8.64. The van der Waals surface area contributed by atoms with Crippen LogP contribution in [0.25, 0.3) is 21.5 Å². The summed E-state index contributed by atoms with van der Waals surface area (Å²) in [5.41, 5.74) is 3.28. The monoisotopic (exact) mass is 692 g/mol. The summed E-state index contributed by atoms with van der Waals surface area (Å²) in [6, 6.07) is 24.1. The Hall–Kier alpha value is -4.45. The Morgan fingerprint density at radius 1 is 0.647 bits per heavy atom. The van der Waals surface area contributed by atoms with E-state index in [1.165, 1.54) is 90.1 Å². The van der Waals surface area contributed by atoms with Crippen LogP contribution in [0, 0.1) is 0 Å². The van der Waals surface area contributed by atoms with Crippen LogP contribution in [0.3, 0.4) is 0 Å². The first-order valence-corrected chi connectivity index (χ1v) is 19.1. The van der Waals surface area contributed by atoms with Gasteiger partial charge in [0.2, 0.25) is 0 Å². The number of aryl methyl sites for hydroxylation is 1. The number of hydrogen-bond donors (Lipinski definition) is 0. The average molecular weight is 693 g/mol. The average Bonchev–Trinajstić information content (AvgIpc) is 3.16. The zero-order valence-corrected chi connectivity index (χ0v) is 30.8. The smallest absolute Gasteiger partial charge is 0.339 e. The first-order valence-electron chi connectivity index (χ1n) is 19.1. The molecule has 0 fully saturated rings. The highest BCUT2D eigenvalue weighted by Crippen LogP contribution is 2.34. The lowest BCUT2D eigenvalue weighted by Crippen LogP contribution is -2.24. The molecule has 0 N–H and O–H groups in total. The van der Waals surface area contributed by atoms with E-state index in [0.29, 0.717) is 24.3 Å². The van der Waals surface area contributed by atoms with Gasteiger partial charge in [-0.15, -0.1) is 0 Å². The fourth-order valence-corrected chi connectivity index (χ4v) is 6.74. The molecular formula is C45H56O6. The van der Waals surface area contributed by atoms with Crippen LogP contribution in [0.1, 0.15) is 129 Å². The van der Waals surface area contributed by atoms with Crippen molar-refractivity contribution in [2.45, 2.75) is 116 Å². The largest absolute Gasteiger partial charge is 0.462 e. The molecule has 0 bridgehead atoms. The molecule has 1 aliphatic carbocycles. The molecule has 51 heavy (non-hydrogen) atoms. The van der Waals surface area contributed by atoms with E-state index in [0.717, 1.165) is 44.9 Å². The molecule has 0 amide bonds. The maximum atomic E-state index is 12.4. The highest BCUT2D eigenvalue weighted by atomic mass is 16.5. The number of unbranched alkanes of at least 4 members (excludes halogenated alkanes) is 10. The minimum Gasteiger partial charge on any atom is -0.462 e. The highest BCUT2D eigenvalue weighted by Gasteiger charge is 2.23. The molecule has 272 valence electrons. The Labute approximate surface area is 304 Å². The van der Waals surface area contributed by atoms with Crippen LogP contribution in [0.2, 0.25) is 0 Å². The van der Waals surface area contributed by atoms with E-state index in [1.807, 2.05) is 0 Å². The molecule has 6 heteroatoms. The van der Waals surface area contributed by atoms with Crippen molar-refractivity contribution in [2.75, 3.05) is 13.2 Å². The maximum Gasteiger partial charge on any atom is 0.339 e. The summed E-state index contributed by atoms with van der Waals surface area (Å²) < 4.78 is 16.1. The standard InChI is InChI=1S/C24H38O4.C21H18O2/c1-3-5-7-9-11-15-19-27-23(25)21-17-13-14-18-22(21)24(26)28-20-16-12-10-8-6-4-2;1-2-21(22)23-16-9-12-18-15(13-16)8-11-19-17-6-4-3-5-14(17)7-10-20(18)19/h13-14,17-18H,3-12,15-16,19-20H2,1-2H3;2-8,10-11,16H,1,9,12-13H2. The third-order valence-corrected chi connectivity index (χ3v) is 9.58. The van der Waals surface area contributed by atoms with Crippen molar-refractivity contribution in [3.8, 4) is 0 Å². The lowest BCUT2D eigenvalue weighted by molar-refractivity contribution is -0.143. The molecule has 0 aliphatic heterocycles. The van der Waals surface area contributed by atoms with E-state index in [1.54, 1.807) is 24.3 Å². The van der Waals surface area contributed by atoms with E-state index >= 15 is 0 Å². The SMILES string of the molecule is C=CC(=O)OC1CCc2c(ccc3c2ccc2ccccc23)C1.CCCCCCCCOC(=O)c1ccccc1C(=O)OCCCCCCCC. The van der Waals surface area contributed by atoms with Crippen LogP contribution in [0.4, 0.5) is 0 Å². The van der Waals surface area contributed by atoms with Gasteiger partial charge in [-0.05, 0) is 70.5 Å². The van der Waals surface area contributed by atoms with Crippen molar-refractivity contribution in [2.24, 2.45) is 0 Å². The molecular weight excluding hydrogens is 636 g/mol. The van der Waals surface area contributed by atoms with Crippen LogP contribution in [0.15, 0.2) is 85.5 Å². The van der Waals surface area contributed by atoms with Gasteiger partial charge >= 0.3 is 17.9 Å². The van der Waals surface area contributed by atoms with Gasteiger partial charge in [0.25, 0.3) is 0 Å². The second-order valence-electron chi connectivity index (χ2n) is 13.4. The second-order valence-corrected chi connectivity index (χ2v) is 13.4. The number of benzene rings is 4. The van der Waals surface area contributed by atoms with Gasteiger partial charge in [-0.25, -0.2) is 14.4 Å². The predicted octanol–water partition coefficient (Wildman–Crippen LogP) is 11.3. The molecule has 0 saturated heterocycles. The van der Waals surface area contributed by atoms with Crippen molar-refractivity contribution in [3.05, 3.63) is 108 Å². The van der Waals surface area contributed by atoms with Crippen molar-refractivity contribution < 1.29 is 28.6 Å². The number of esters is 3. The fraction of sp³-hybridized carbons (Fsp3) is 0.444. The topological polar surface area (TPSA) is 78.9 Å². The second kappa shape index (κ2) is 21.7. The molecule has 1 unspecified atom stereocenters. The lowest BCUT2D eigenvalue weighted by Gasteiger charge is -2.25. The van der Waals surface area contributed by atoms with E-state index in [9.17, 15) is 14.4 Å². The van der Waals surface area contributed by atoms with Crippen LogP contribution in [0.5, 0.6) is 0 Å². The summed E-state index contributed by atoms with van der Waals surface area (Å²) >= 11 is 0. The molecule has 0 radical (unpaired) electrons. The van der Waals surface area contributed by atoms with Crippen LogP contribution < -0.4 is 0 Å². The Morgan fingerprint density at radius 2 is 1.20 bits per heavy atom. The number of carbonyl (C=O) groups is 3. The minimum atomic E-state index is -0.444. The summed E-state index contributed by atoms with van der Waals surface area (Å²) in [7, 11) is 0. The fourth-order valence-electron chi connectivity index (χ4n) is 6.74. The third-order valence-electron chi connectivity index (χ3n) is 9.58. The van der Waals surface area contributed by atoms with E-state index in [4.69, 9.17) is 14.2 Å². The van der Waals surface area contributed by atoms with Gasteiger partial charge < -0.3 is 14.2 Å². The van der Waals surface area contributed by atoms with Gasteiger partial charge in [0.15, 0.2) is 0 Å². The number of ether oxygens (including phenoxy) is 3. The summed E-state index contributed by atoms with van der Waals surface area (Å²) in [4.78, 5) is 36.1. The molecule has 4 aromatic carbocycles. The molecule has 4 aromatic rings. The van der Waals surface area contributed by atoms with Gasteiger partial charge in [-0.1, -0.05) is 145 Å². The summed E-state index contributed by atoms with van der Waals surface area (Å²) in [5, 5.41) is 5.21. The van der Waals surface area contributed by atoms with E-state index in [2.05, 4.69) is 69.0 Å². The number of rotatable bonds is 18. The molecule has 0 spiro atoms. The van der Waals surface area contributed by atoms with Gasteiger partial charge in [-0.2, -0.15) is 0 Å². The van der Waals surface area contributed by atoms with Crippen molar-refractivity contribution in [3.63, 3.8) is 0 Å². The Bertz CT molecular complexity index is 1670. The Balaban J connectivity index is 0.000000232. The van der Waals surface area contributed by atoms with Gasteiger partial charge in [0, 0.05) is 12.5 Å². The quantitative estimate of drug-likeness (QED) is 0.0339. The van der Waals surface area contributed by atoms with E-state index < -0.39 is 11.9 Å². The molecule has 0 saturated carbocycles. The van der Waals surface area contributed by atoms with Gasteiger partial charge in [0.05, 0.1) is 24.3 Å². The minimum absolute atomic E-state index is 0.0362. The predicted molar refractivity (Wildman–Crippen MR) is 207 cm³/mol. The molecule has 1 aliphatic rings. The molecule has 5 rings (SSSR count).